The fraction of sp³-hybridized carbons (Fsp3) is 0.667. The average molecular weight is 323 g/mol. The summed E-state index contributed by atoms with van der Waals surface area (Å²) in [5, 5.41) is 9.86. The number of hydrogen-bond acceptors (Lipinski definition) is 5. The Labute approximate surface area is 133 Å². The normalized spacial score (nSPS) is 33.7. The van der Waals surface area contributed by atoms with Crippen LogP contribution in [0.15, 0.2) is 12.7 Å². The second-order valence-electron chi connectivity index (χ2n) is 6.16. The van der Waals surface area contributed by atoms with Crippen molar-refractivity contribution in [3.05, 3.63) is 12.7 Å². The van der Waals surface area contributed by atoms with Crippen LogP contribution < -0.4 is 4.74 Å². The van der Waals surface area contributed by atoms with Gasteiger partial charge in [-0.2, -0.15) is 4.98 Å². The molecule has 0 aliphatic heterocycles. The number of aliphatic hydroxyl groups excluding tert-OH is 1. The molecule has 0 spiro atoms. The fourth-order valence-electron chi connectivity index (χ4n) is 4.32. The molecule has 2 aliphatic carbocycles. The first kappa shape index (κ1) is 14.2. The molecule has 1 N–H and O–H groups in total. The van der Waals surface area contributed by atoms with Crippen molar-refractivity contribution in [2.75, 3.05) is 13.2 Å². The van der Waals surface area contributed by atoms with E-state index in [0.29, 0.717) is 35.9 Å². The molecule has 0 radical (unpaired) electrons. The van der Waals surface area contributed by atoms with Gasteiger partial charge in [0.05, 0.1) is 12.9 Å². The number of nitrogens with zero attached hydrogens (tertiary/aromatic N) is 4. The van der Waals surface area contributed by atoms with Gasteiger partial charge in [-0.1, -0.05) is 0 Å². The van der Waals surface area contributed by atoms with Crippen LogP contribution in [0, 0.1) is 17.8 Å². The Morgan fingerprint density at radius 3 is 2.91 bits per heavy atom. The molecule has 4 rings (SSSR count). The lowest BCUT2D eigenvalue weighted by molar-refractivity contribution is 0.185. The van der Waals surface area contributed by atoms with Gasteiger partial charge in [0.15, 0.2) is 11.2 Å². The zero-order valence-corrected chi connectivity index (χ0v) is 13.1. The summed E-state index contributed by atoms with van der Waals surface area (Å²) < 4.78 is 7.65. The number of imidazole rings is 1. The molecule has 118 valence electrons. The maximum Gasteiger partial charge on any atom is 0.245 e. The Kier molecular flexibility index (Phi) is 3.46. The van der Waals surface area contributed by atoms with Crippen LogP contribution >= 0.6 is 11.6 Å². The van der Waals surface area contributed by atoms with E-state index in [9.17, 15) is 5.11 Å². The number of aromatic nitrogens is 4. The highest BCUT2D eigenvalue weighted by atomic mass is 35.5. The molecule has 0 saturated heterocycles. The van der Waals surface area contributed by atoms with Gasteiger partial charge >= 0.3 is 0 Å². The van der Waals surface area contributed by atoms with E-state index in [1.165, 1.54) is 6.33 Å². The summed E-state index contributed by atoms with van der Waals surface area (Å²) in [6.45, 7) is 2.68. The van der Waals surface area contributed by atoms with Gasteiger partial charge in [-0.3, -0.25) is 0 Å². The molecule has 5 atom stereocenters. The molecule has 0 amide bonds. The van der Waals surface area contributed by atoms with Crippen LogP contribution in [0.5, 0.6) is 5.88 Å². The maximum atomic E-state index is 9.68. The first-order valence-corrected chi connectivity index (χ1v) is 8.23. The maximum absolute atomic E-state index is 9.68. The number of alkyl halides is 1. The van der Waals surface area contributed by atoms with E-state index in [-0.39, 0.29) is 17.9 Å². The van der Waals surface area contributed by atoms with Gasteiger partial charge in [0.1, 0.15) is 6.33 Å². The summed E-state index contributed by atoms with van der Waals surface area (Å²) in [6.07, 6.45) is 5.27. The van der Waals surface area contributed by atoms with Gasteiger partial charge in [-0.05, 0) is 37.5 Å². The van der Waals surface area contributed by atoms with Gasteiger partial charge in [-0.15, -0.1) is 11.6 Å². The third kappa shape index (κ3) is 1.93. The third-order valence-corrected chi connectivity index (χ3v) is 5.75. The number of ether oxygens (including phenoxy) is 1. The Bertz CT molecular complexity index is 691. The molecular formula is C15H19ClN4O2. The smallest absolute Gasteiger partial charge is 0.245 e. The van der Waals surface area contributed by atoms with Gasteiger partial charge in [0, 0.05) is 18.0 Å². The van der Waals surface area contributed by atoms with Gasteiger partial charge in [0.2, 0.25) is 5.88 Å². The molecule has 2 heterocycles. The molecule has 2 aliphatic rings. The van der Waals surface area contributed by atoms with E-state index in [1.54, 1.807) is 0 Å². The summed E-state index contributed by atoms with van der Waals surface area (Å²) in [4.78, 5) is 13.0. The predicted octanol–water partition coefficient (Wildman–Crippen LogP) is 2.02. The van der Waals surface area contributed by atoms with Crippen molar-refractivity contribution in [2.24, 2.45) is 17.8 Å². The summed E-state index contributed by atoms with van der Waals surface area (Å²) in [5.41, 5.74) is 1.51. The van der Waals surface area contributed by atoms with Gasteiger partial charge in [-0.25, -0.2) is 9.97 Å². The minimum Gasteiger partial charge on any atom is -0.476 e. The molecule has 7 heteroatoms. The zero-order chi connectivity index (χ0) is 15.3. The quantitative estimate of drug-likeness (QED) is 0.872. The van der Waals surface area contributed by atoms with Crippen molar-refractivity contribution in [3.63, 3.8) is 0 Å². The summed E-state index contributed by atoms with van der Waals surface area (Å²) in [6, 6.07) is 0.298. The van der Waals surface area contributed by atoms with Crippen LogP contribution in [0.4, 0.5) is 0 Å². The molecule has 2 aromatic heterocycles. The van der Waals surface area contributed by atoms with Gasteiger partial charge < -0.3 is 14.4 Å². The topological polar surface area (TPSA) is 73.1 Å². The molecule has 0 aromatic carbocycles. The third-order valence-electron chi connectivity index (χ3n) is 5.24. The van der Waals surface area contributed by atoms with Crippen molar-refractivity contribution in [1.29, 1.82) is 0 Å². The molecule has 6 nitrogen and oxygen atoms in total. The minimum atomic E-state index is 0.182. The monoisotopic (exact) mass is 322 g/mol. The Hall–Kier alpha value is -1.40. The van der Waals surface area contributed by atoms with Crippen LogP contribution in [-0.4, -0.2) is 43.2 Å². The van der Waals surface area contributed by atoms with E-state index in [0.717, 1.165) is 18.5 Å². The second-order valence-corrected chi connectivity index (χ2v) is 6.73. The first-order chi connectivity index (χ1) is 10.7. The molecule has 2 fully saturated rings. The molecule has 0 unspecified atom stereocenters. The fourth-order valence-corrected chi connectivity index (χ4v) is 4.82. The average Bonchev–Trinajstić information content (AvgIpc) is 3.17. The summed E-state index contributed by atoms with van der Waals surface area (Å²) >= 11 is 6.41. The highest BCUT2D eigenvalue weighted by Gasteiger charge is 2.53. The Balaban J connectivity index is 1.73. The van der Waals surface area contributed by atoms with E-state index >= 15 is 0 Å². The first-order valence-electron chi connectivity index (χ1n) is 7.79. The lowest BCUT2D eigenvalue weighted by Gasteiger charge is -2.25. The van der Waals surface area contributed by atoms with Crippen molar-refractivity contribution in [3.8, 4) is 5.88 Å². The summed E-state index contributed by atoms with van der Waals surface area (Å²) in [7, 11) is 0. The van der Waals surface area contributed by atoms with Gasteiger partial charge in [0.25, 0.3) is 0 Å². The lowest BCUT2D eigenvalue weighted by Crippen LogP contribution is -2.21. The highest BCUT2D eigenvalue weighted by Crippen LogP contribution is 2.56. The lowest BCUT2D eigenvalue weighted by atomic mass is 9.94. The predicted molar refractivity (Wildman–Crippen MR) is 82.0 cm³/mol. The largest absolute Gasteiger partial charge is 0.476 e. The molecular weight excluding hydrogens is 304 g/mol. The van der Waals surface area contributed by atoms with Crippen LogP contribution in [-0.2, 0) is 0 Å². The van der Waals surface area contributed by atoms with Crippen LogP contribution in [0.25, 0.3) is 11.2 Å². The van der Waals surface area contributed by atoms with Crippen LogP contribution in [0.3, 0.4) is 0 Å². The minimum absolute atomic E-state index is 0.182. The summed E-state index contributed by atoms with van der Waals surface area (Å²) in [5.74, 6) is 1.59. The van der Waals surface area contributed by atoms with Crippen molar-refractivity contribution in [1.82, 2.24) is 19.5 Å². The van der Waals surface area contributed by atoms with Crippen molar-refractivity contribution in [2.45, 2.75) is 31.2 Å². The highest BCUT2D eigenvalue weighted by molar-refractivity contribution is 6.21. The molecule has 2 aromatic rings. The molecule has 2 bridgehead atoms. The molecule has 22 heavy (non-hydrogen) atoms. The second kappa shape index (κ2) is 5.35. The zero-order valence-electron chi connectivity index (χ0n) is 12.4. The van der Waals surface area contributed by atoms with Crippen LogP contribution in [0.1, 0.15) is 25.8 Å². The van der Waals surface area contributed by atoms with E-state index in [2.05, 4.69) is 19.5 Å². The van der Waals surface area contributed by atoms with Crippen LogP contribution in [0.2, 0.25) is 0 Å². The number of fused-ring (bicyclic) bond motifs is 3. The Morgan fingerprint density at radius 2 is 2.18 bits per heavy atom. The molecule has 2 saturated carbocycles. The number of rotatable bonds is 4. The Morgan fingerprint density at radius 1 is 1.32 bits per heavy atom. The van der Waals surface area contributed by atoms with Crippen molar-refractivity contribution >= 4 is 22.8 Å². The SMILES string of the molecule is CCOc1ncnc2c1ncn2[C@H]1C[C@H]2[C@H](CO)[C@@H]1C[C@@H]2Cl. The standard InChI is InChI=1S/C15H19ClN4O2/c1-2-22-15-13-14(17-6-18-15)20(7-19-13)12-4-8-10(5-21)9(12)3-11(8)16/h6-12,21H,2-5H2,1H3/t8-,9-,10-,11-,12-/m0/s1. The van der Waals surface area contributed by atoms with Crippen molar-refractivity contribution < 1.29 is 9.84 Å². The van der Waals surface area contributed by atoms with E-state index in [4.69, 9.17) is 16.3 Å². The number of aliphatic hydroxyl groups is 1. The van der Waals surface area contributed by atoms with E-state index < -0.39 is 0 Å². The number of halogens is 1. The van der Waals surface area contributed by atoms with E-state index in [1.807, 2.05) is 13.3 Å². The number of hydrogen-bond donors (Lipinski definition) is 1.